The Kier molecular flexibility index (Phi) is 2.37. The van der Waals surface area contributed by atoms with Crippen LogP contribution < -0.4 is 0 Å². The lowest BCUT2D eigenvalue weighted by molar-refractivity contribution is 1.11. The van der Waals surface area contributed by atoms with Crippen LogP contribution in [0.4, 0.5) is 0 Å². The smallest absolute Gasteiger partial charge is 0.137 e. The molecule has 0 radical (unpaired) electrons. The Bertz CT molecular complexity index is 671. The van der Waals surface area contributed by atoms with Gasteiger partial charge >= 0.3 is 0 Å². The fraction of sp³-hybridized carbons (Fsp3) is 0.0714. The Labute approximate surface area is 104 Å². The molecule has 2 nitrogen and oxygen atoms in total. The Balaban J connectivity index is 2.28. The van der Waals surface area contributed by atoms with Gasteiger partial charge in [-0.15, -0.1) is 0 Å². The van der Waals surface area contributed by atoms with E-state index in [0.29, 0.717) is 0 Å². The lowest BCUT2D eigenvalue weighted by atomic mass is 10.1. The summed E-state index contributed by atoms with van der Waals surface area (Å²) in [6.45, 7) is 2.05. The van der Waals surface area contributed by atoms with Gasteiger partial charge in [0.25, 0.3) is 0 Å². The monoisotopic (exact) mass is 242 g/mol. The maximum absolute atomic E-state index is 6.00. The van der Waals surface area contributed by atoms with E-state index in [1.165, 1.54) is 0 Å². The van der Waals surface area contributed by atoms with Crippen molar-refractivity contribution < 1.29 is 0 Å². The first-order chi connectivity index (χ1) is 8.25. The van der Waals surface area contributed by atoms with E-state index in [2.05, 4.69) is 24.0 Å². The van der Waals surface area contributed by atoms with E-state index in [4.69, 9.17) is 11.6 Å². The van der Waals surface area contributed by atoms with Crippen LogP contribution in [-0.4, -0.2) is 9.38 Å². The number of imidazole rings is 1. The normalized spacial score (nSPS) is 10.9. The molecule has 1 aromatic carbocycles. The Morgan fingerprint density at radius 3 is 2.59 bits per heavy atom. The van der Waals surface area contributed by atoms with E-state index in [-0.39, 0.29) is 0 Å². The van der Waals surface area contributed by atoms with Crippen LogP contribution >= 0.6 is 11.6 Å². The first kappa shape index (κ1) is 10.4. The molecule has 0 bridgehead atoms. The molecule has 0 aliphatic carbocycles. The summed E-state index contributed by atoms with van der Waals surface area (Å²) in [5.74, 6) is 0. The summed E-state index contributed by atoms with van der Waals surface area (Å²) >= 11 is 6.00. The van der Waals surface area contributed by atoms with Gasteiger partial charge in [-0.3, -0.25) is 0 Å². The molecule has 2 heterocycles. The summed E-state index contributed by atoms with van der Waals surface area (Å²) in [6, 6.07) is 14.0. The molecule has 0 amide bonds. The van der Waals surface area contributed by atoms with Crippen molar-refractivity contribution in [2.45, 2.75) is 6.92 Å². The van der Waals surface area contributed by atoms with Crippen LogP contribution in [0.15, 0.2) is 48.7 Å². The number of hydrogen-bond donors (Lipinski definition) is 0. The van der Waals surface area contributed by atoms with Gasteiger partial charge in [0.1, 0.15) is 5.65 Å². The molecule has 0 unspecified atom stereocenters. The summed E-state index contributed by atoms with van der Waals surface area (Å²) in [5, 5.41) is 0.720. The van der Waals surface area contributed by atoms with Crippen molar-refractivity contribution in [1.29, 1.82) is 0 Å². The third kappa shape index (κ3) is 1.71. The van der Waals surface area contributed by atoms with Crippen LogP contribution in [0.2, 0.25) is 5.02 Å². The molecule has 0 atom stereocenters. The summed E-state index contributed by atoms with van der Waals surface area (Å²) in [4.78, 5) is 4.63. The molecular formula is C14H11ClN2. The zero-order valence-electron chi connectivity index (χ0n) is 9.39. The van der Waals surface area contributed by atoms with Crippen LogP contribution in [-0.2, 0) is 0 Å². The molecule has 0 saturated carbocycles. The average Bonchev–Trinajstić information content (AvgIpc) is 2.68. The number of halogens is 1. The van der Waals surface area contributed by atoms with Gasteiger partial charge in [-0.05, 0) is 19.1 Å². The molecule has 2 aromatic heterocycles. The number of hydrogen-bond acceptors (Lipinski definition) is 1. The first-order valence-corrected chi connectivity index (χ1v) is 5.83. The number of aromatic nitrogens is 2. The van der Waals surface area contributed by atoms with E-state index in [1.807, 2.05) is 40.9 Å². The van der Waals surface area contributed by atoms with E-state index in [0.717, 1.165) is 27.6 Å². The van der Waals surface area contributed by atoms with Crippen LogP contribution in [0, 0.1) is 6.92 Å². The van der Waals surface area contributed by atoms with Crippen molar-refractivity contribution in [2.75, 3.05) is 0 Å². The van der Waals surface area contributed by atoms with Crippen molar-refractivity contribution in [1.82, 2.24) is 9.38 Å². The van der Waals surface area contributed by atoms with Gasteiger partial charge in [-0.25, -0.2) is 4.98 Å². The van der Waals surface area contributed by atoms with Crippen molar-refractivity contribution in [3.63, 3.8) is 0 Å². The third-order valence-electron chi connectivity index (χ3n) is 2.87. The molecule has 3 heteroatoms. The Hall–Kier alpha value is -1.80. The summed E-state index contributed by atoms with van der Waals surface area (Å²) in [6.07, 6.45) is 1.89. The number of benzene rings is 1. The number of fused-ring (bicyclic) bond motifs is 1. The molecule has 17 heavy (non-hydrogen) atoms. The van der Waals surface area contributed by atoms with Gasteiger partial charge < -0.3 is 4.40 Å². The van der Waals surface area contributed by atoms with Crippen LogP contribution in [0.5, 0.6) is 0 Å². The zero-order valence-corrected chi connectivity index (χ0v) is 10.1. The SMILES string of the molecule is Cc1c(-c2ccccc2)nc2ccc(Cl)cn12. The largest absolute Gasteiger partial charge is 0.302 e. The topological polar surface area (TPSA) is 17.3 Å². The van der Waals surface area contributed by atoms with E-state index in [1.54, 1.807) is 0 Å². The van der Waals surface area contributed by atoms with Crippen LogP contribution in [0.25, 0.3) is 16.9 Å². The van der Waals surface area contributed by atoms with Gasteiger partial charge in [0.2, 0.25) is 0 Å². The lowest BCUT2D eigenvalue weighted by Crippen LogP contribution is -1.86. The number of pyridine rings is 1. The number of rotatable bonds is 1. The minimum atomic E-state index is 0.720. The highest BCUT2D eigenvalue weighted by Crippen LogP contribution is 2.24. The van der Waals surface area contributed by atoms with Gasteiger partial charge in [-0.1, -0.05) is 41.9 Å². The Morgan fingerprint density at radius 2 is 1.82 bits per heavy atom. The minimum Gasteiger partial charge on any atom is -0.302 e. The molecule has 3 aromatic rings. The lowest BCUT2D eigenvalue weighted by Gasteiger charge is -1.99. The zero-order chi connectivity index (χ0) is 11.8. The fourth-order valence-electron chi connectivity index (χ4n) is 2.01. The predicted octanol–water partition coefficient (Wildman–Crippen LogP) is 3.96. The fourth-order valence-corrected chi connectivity index (χ4v) is 2.17. The maximum atomic E-state index is 6.00. The van der Waals surface area contributed by atoms with E-state index < -0.39 is 0 Å². The molecule has 3 rings (SSSR count). The number of nitrogens with zero attached hydrogens (tertiary/aromatic N) is 2. The molecule has 0 N–H and O–H groups in total. The van der Waals surface area contributed by atoms with Crippen molar-refractivity contribution in [3.8, 4) is 11.3 Å². The van der Waals surface area contributed by atoms with Crippen LogP contribution in [0.3, 0.4) is 0 Å². The van der Waals surface area contributed by atoms with Gasteiger partial charge in [0, 0.05) is 17.5 Å². The van der Waals surface area contributed by atoms with Gasteiger partial charge in [0.15, 0.2) is 0 Å². The van der Waals surface area contributed by atoms with Crippen molar-refractivity contribution in [2.24, 2.45) is 0 Å². The Morgan fingerprint density at radius 1 is 1.06 bits per heavy atom. The molecule has 84 valence electrons. The maximum Gasteiger partial charge on any atom is 0.137 e. The molecular weight excluding hydrogens is 232 g/mol. The second-order valence-electron chi connectivity index (χ2n) is 3.99. The summed E-state index contributed by atoms with van der Waals surface area (Å²) in [7, 11) is 0. The van der Waals surface area contributed by atoms with E-state index >= 15 is 0 Å². The highest BCUT2D eigenvalue weighted by molar-refractivity contribution is 6.30. The molecule has 0 aliphatic heterocycles. The average molecular weight is 243 g/mol. The standard InChI is InChI=1S/C14H11ClN2/c1-10-14(11-5-3-2-4-6-11)16-13-8-7-12(15)9-17(10)13/h2-9H,1H3. The van der Waals surface area contributed by atoms with Crippen molar-refractivity contribution >= 4 is 17.2 Å². The molecule has 0 saturated heterocycles. The highest BCUT2D eigenvalue weighted by Gasteiger charge is 2.09. The van der Waals surface area contributed by atoms with Crippen molar-refractivity contribution in [3.05, 3.63) is 59.4 Å². The quantitative estimate of drug-likeness (QED) is 0.631. The summed E-state index contributed by atoms with van der Waals surface area (Å²) in [5.41, 5.74) is 4.16. The van der Waals surface area contributed by atoms with Crippen LogP contribution in [0.1, 0.15) is 5.69 Å². The van der Waals surface area contributed by atoms with Gasteiger partial charge in [0.05, 0.1) is 10.7 Å². The van der Waals surface area contributed by atoms with Gasteiger partial charge in [-0.2, -0.15) is 0 Å². The second-order valence-corrected chi connectivity index (χ2v) is 4.42. The molecule has 0 aliphatic rings. The number of aryl methyl sites for hydroxylation is 1. The third-order valence-corrected chi connectivity index (χ3v) is 3.09. The van der Waals surface area contributed by atoms with E-state index in [9.17, 15) is 0 Å². The molecule has 0 fully saturated rings. The first-order valence-electron chi connectivity index (χ1n) is 5.45. The second kappa shape index (κ2) is 3.90. The minimum absolute atomic E-state index is 0.720. The molecule has 0 spiro atoms. The predicted molar refractivity (Wildman–Crippen MR) is 70.4 cm³/mol. The highest BCUT2D eigenvalue weighted by atomic mass is 35.5. The summed E-state index contributed by atoms with van der Waals surface area (Å²) < 4.78 is 2.02.